The number of aryl methyl sites for hydroxylation is 2. The topological polar surface area (TPSA) is 99.1 Å². The van der Waals surface area contributed by atoms with E-state index in [-0.39, 0.29) is 18.9 Å². The van der Waals surface area contributed by atoms with E-state index in [2.05, 4.69) is 5.32 Å². The van der Waals surface area contributed by atoms with Crippen LogP contribution < -0.4 is 22.2 Å². The van der Waals surface area contributed by atoms with Crippen molar-refractivity contribution in [2.75, 3.05) is 11.1 Å². The Morgan fingerprint density at radius 1 is 1.14 bits per heavy atom. The second-order valence-electron chi connectivity index (χ2n) is 4.63. The van der Waals surface area contributed by atoms with Crippen molar-refractivity contribution in [1.82, 2.24) is 9.13 Å². The average molecular weight is 288 g/mol. The highest BCUT2D eigenvalue weighted by atomic mass is 16.2. The average Bonchev–Trinajstić information content (AvgIpc) is 2.46. The lowest BCUT2D eigenvalue weighted by molar-refractivity contribution is -0.116. The minimum Gasteiger partial charge on any atom is -0.399 e. The van der Waals surface area contributed by atoms with E-state index < -0.39 is 11.1 Å². The minimum absolute atomic E-state index is 0.0947. The van der Waals surface area contributed by atoms with Gasteiger partial charge in [-0.15, -0.1) is 0 Å². The predicted octanol–water partition coefficient (Wildman–Crippen LogP) is 0.158. The molecule has 0 saturated carbocycles. The van der Waals surface area contributed by atoms with E-state index in [1.807, 2.05) is 0 Å². The fourth-order valence-electron chi connectivity index (χ4n) is 1.78. The van der Waals surface area contributed by atoms with E-state index in [4.69, 9.17) is 5.73 Å². The molecule has 21 heavy (non-hydrogen) atoms. The standard InChI is InChI=1S/C14H16N4O3/c1-17-8-9-18(14(21)13(17)20)7-6-12(19)16-11-4-2-10(15)3-5-11/h2-5,8-9H,6-7,15H2,1H3,(H,16,19). The number of nitrogens with one attached hydrogen (secondary N) is 1. The van der Waals surface area contributed by atoms with Gasteiger partial charge in [0, 0.05) is 43.8 Å². The van der Waals surface area contributed by atoms with Crippen LogP contribution in [0.2, 0.25) is 0 Å². The van der Waals surface area contributed by atoms with Crippen LogP contribution >= 0.6 is 0 Å². The van der Waals surface area contributed by atoms with Crippen molar-refractivity contribution in [3.63, 3.8) is 0 Å². The molecule has 0 radical (unpaired) electrons. The molecular weight excluding hydrogens is 272 g/mol. The summed E-state index contributed by atoms with van der Waals surface area (Å²) in [5, 5.41) is 2.69. The molecule has 7 nitrogen and oxygen atoms in total. The van der Waals surface area contributed by atoms with E-state index >= 15 is 0 Å². The molecule has 0 aliphatic heterocycles. The monoisotopic (exact) mass is 288 g/mol. The Hall–Kier alpha value is -2.83. The summed E-state index contributed by atoms with van der Waals surface area (Å²) in [6.45, 7) is 0.149. The molecule has 1 heterocycles. The fourth-order valence-corrected chi connectivity index (χ4v) is 1.78. The number of benzene rings is 1. The van der Waals surface area contributed by atoms with Crippen LogP contribution in [0, 0.1) is 0 Å². The number of nitrogens with zero attached hydrogens (tertiary/aromatic N) is 2. The summed E-state index contributed by atoms with van der Waals surface area (Å²) in [7, 11) is 1.50. The van der Waals surface area contributed by atoms with Crippen LogP contribution in [0.1, 0.15) is 6.42 Å². The minimum atomic E-state index is -0.639. The molecule has 0 atom stereocenters. The second-order valence-corrected chi connectivity index (χ2v) is 4.63. The van der Waals surface area contributed by atoms with Crippen LogP contribution in [0.15, 0.2) is 46.2 Å². The van der Waals surface area contributed by atoms with Crippen molar-refractivity contribution in [2.45, 2.75) is 13.0 Å². The molecule has 110 valence electrons. The molecule has 0 aliphatic carbocycles. The van der Waals surface area contributed by atoms with Crippen molar-refractivity contribution in [3.05, 3.63) is 57.4 Å². The summed E-state index contributed by atoms with van der Waals surface area (Å²) >= 11 is 0. The predicted molar refractivity (Wildman–Crippen MR) is 80.0 cm³/mol. The number of amides is 1. The van der Waals surface area contributed by atoms with Gasteiger partial charge in [-0.1, -0.05) is 0 Å². The summed E-state index contributed by atoms with van der Waals surface area (Å²) in [5.41, 5.74) is 5.54. The number of anilines is 2. The molecule has 0 saturated heterocycles. The van der Waals surface area contributed by atoms with Crippen molar-refractivity contribution in [3.8, 4) is 0 Å². The highest BCUT2D eigenvalue weighted by Gasteiger charge is 2.06. The molecule has 0 unspecified atom stereocenters. The summed E-state index contributed by atoms with van der Waals surface area (Å²) in [4.78, 5) is 34.9. The lowest BCUT2D eigenvalue weighted by Gasteiger charge is -2.07. The largest absolute Gasteiger partial charge is 0.399 e. The number of aromatic nitrogens is 2. The van der Waals surface area contributed by atoms with Crippen LogP contribution in [0.3, 0.4) is 0 Å². The smallest absolute Gasteiger partial charge is 0.316 e. The van der Waals surface area contributed by atoms with Crippen LogP contribution in [0.4, 0.5) is 11.4 Å². The van der Waals surface area contributed by atoms with Crippen LogP contribution in [0.25, 0.3) is 0 Å². The van der Waals surface area contributed by atoms with Gasteiger partial charge < -0.3 is 20.2 Å². The third-order valence-electron chi connectivity index (χ3n) is 3.01. The van der Waals surface area contributed by atoms with E-state index in [0.29, 0.717) is 11.4 Å². The van der Waals surface area contributed by atoms with Crippen molar-refractivity contribution < 1.29 is 4.79 Å². The lowest BCUT2D eigenvalue weighted by Crippen LogP contribution is -2.39. The van der Waals surface area contributed by atoms with Gasteiger partial charge in [0.1, 0.15) is 0 Å². The second kappa shape index (κ2) is 6.08. The van der Waals surface area contributed by atoms with Gasteiger partial charge in [0.05, 0.1) is 0 Å². The van der Waals surface area contributed by atoms with Gasteiger partial charge in [0.15, 0.2) is 0 Å². The van der Waals surface area contributed by atoms with Crippen molar-refractivity contribution >= 4 is 17.3 Å². The maximum atomic E-state index is 11.8. The zero-order chi connectivity index (χ0) is 15.4. The van der Waals surface area contributed by atoms with Gasteiger partial charge in [-0.2, -0.15) is 0 Å². The van der Waals surface area contributed by atoms with E-state index in [1.165, 1.54) is 28.6 Å². The van der Waals surface area contributed by atoms with Gasteiger partial charge in [0.2, 0.25) is 5.91 Å². The van der Waals surface area contributed by atoms with Crippen LogP contribution in [-0.4, -0.2) is 15.0 Å². The molecule has 0 spiro atoms. The highest BCUT2D eigenvalue weighted by molar-refractivity contribution is 5.90. The molecule has 0 aliphatic rings. The summed E-state index contributed by atoms with van der Waals surface area (Å²) in [5.74, 6) is -0.243. The van der Waals surface area contributed by atoms with Crippen LogP contribution in [0.5, 0.6) is 0 Å². The first-order valence-corrected chi connectivity index (χ1v) is 6.39. The normalized spacial score (nSPS) is 10.3. The van der Waals surface area contributed by atoms with Gasteiger partial charge in [-0.05, 0) is 24.3 Å². The first kappa shape index (κ1) is 14.6. The first-order valence-electron chi connectivity index (χ1n) is 6.39. The molecule has 1 aromatic heterocycles. The Balaban J connectivity index is 1.99. The number of nitrogens with two attached hydrogens (primary N) is 1. The number of carbonyl (C=O) groups is 1. The molecule has 7 heteroatoms. The van der Waals surface area contributed by atoms with E-state index in [1.54, 1.807) is 24.3 Å². The Labute approximate surface area is 120 Å². The third-order valence-corrected chi connectivity index (χ3v) is 3.01. The zero-order valence-electron chi connectivity index (χ0n) is 11.6. The number of carbonyl (C=O) groups excluding carboxylic acids is 1. The number of hydrogen-bond acceptors (Lipinski definition) is 4. The molecule has 1 aromatic carbocycles. The number of nitrogen functional groups attached to an aromatic ring is 1. The number of hydrogen-bond donors (Lipinski definition) is 2. The van der Waals surface area contributed by atoms with Gasteiger partial charge in [-0.3, -0.25) is 14.4 Å². The first-order chi connectivity index (χ1) is 9.97. The van der Waals surface area contributed by atoms with Gasteiger partial charge in [0.25, 0.3) is 0 Å². The summed E-state index contributed by atoms with van der Waals surface area (Å²) in [6.07, 6.45) is 3.07. The Kier molecular flexibility index (Phi) is 4.22. The molecule has 1 amide bonds. The summed E-state index contributed by atoms with van der Waals surface area (Å²) in [6, 6.07) is 6.75. The SMILES string of the molecule is Cn1ccn(CCC(=O)Nc2ccc(N)cc2)c(=O)c1=O. The Morgan fingerprint density at radius 3 is 2.48 bits per heavy atom. The Bertz CT molecular complexity index is 759. The molecule has 2 rings (SSSR count). The lowest BCUT2D eigenvalue weighted by atomic mass is 10.3. The maximum absolute atomic E-state index is 11.8. The van der Waals surface area contributed by atoms with E-state index in [9.17, 15) is 14.4 Å². The molecule has 0 bridgehead atoms. The molecule has 0 fully saturated rings. The maximum Gasteiger partial charge on any atom is 0.316 e. The van der Waals surface area contributed by atoms with Crippen molar-refractivity contribution in [2.24, 2.45) is 7.05 Å². The van der Waals surface area contributed by atoms with Crippen LogP contribution in [-0.2, 0) is 18.4 Å². The zero-order valence-corrected chi connectivity index (χ0v) is 11.6. The summed E-state index contributed by atoms with van der Waals surface area (Å²) < 4.78 is 2.43. The quantitative estimate of drug-likeness (QED) is 0.618. The van der Waals surface area contributed by atoms with Gasteiger partial charge in [-0.25, -0.2) is 0 Å². The van der Waals surface area contributed by atoms with E-state index in [0.717, 1.165) is 0 Å². The highest BCUT2D eigenvalue weighted by Crippen LogP contribution is 2.10. The molecule has 3 N–H and O–H groups in total. The fraction of sp³-hybridized carbons (Fsp3) is 0.214. The third kappa shape index (κ3) is 3.59. The van der Waals surface area contributed by atoms with Crippen molar-refractivity contribution in [1.29, 1.82) is 0 Å². The molecule has 2 aromatic rings. The Morgan fingerprint density at radius 2 is 1.81 bits per heavy atom. The van der Waals surface area contributed by atoms with Gasteiger partial charge >= 0.3 is 11.1 Å². The number of rotatable bonds is 4. The molecular formula is C14H16N4O3.